The molecule has 0 radical (unpaired) electrons. The van der Waals surface area contributed by atoms with Gasteiger partial charge in [-0.05, 0) is 30.0 Å². The van der Waals surface area contributed by atoms with E-state index in [0.29, 0.717) is 0 Å². The highest BCUT2D eigenvalue weighted by Gasteiger charge is 2.21. The minimum atomic E-state index is 0. The number of fused-ring (bicyclic) bond motifs is 1. The van der Waals surface area contributed by atoms with Gasteiger partial charge in [0.25, 0.3) is 0 Å². The van der Waals surface area contributed by atoms with Gasteiger partial charge in [0, 0.05) is 38.6 Å². The molecule has 1 saturated heterocycles. The lowest BCUT2D eigenvalue weighted by molar-refractivity contribution is 0.154. The van der Waals surface area contributed by atoms with Crippen molar-refractivity contribution in [3.63, 3.8) is 0 Å². The van der Waals surface area contributed by atoms with E-state index < -0.39 is 0 Å². The maximum absolute atomic E-state index is 5.58. The lowest BCUT2D eigenvalue weighted by Crippen LogP contribution is -2.51. The fourth-order valence-corrected chi connectivity index (χ4v) is 3.38. The van der Waals surface area contributed by atoms with Gasteiger partial charge in [-0.3, -0.25) is 4.90 Å². The Morgan fingerprint density at radius 3 is 3.14 bits per heavy atom. The van der Waals surface area contributed by atoms with Crippen LogP contribution in [-0.4, -0.2) is 43.7 Å². The Balaban J connectivity index is 0.00000161. The minimum Gasteiger partial charge on any atom is -0.493 e. The zero-order chi connectivity index (χ0) is 13.8. The molecule has 1 aromatic rings. The Hall–Kier alpha value is -0.770. The highest BCUT2D eigenvalue weighted by molar-refractivity contribution is 5.85. The van der Waals surface area contributed by atoms with Gasteiger partial charge in [0.05, 0.1) is 6.61 Å². The highest BCUT2D eigenvalue weighted by Crippen LogP contribution is 2.26. The van der Waals surface area contributed by atoms with Gasteiger partial charge in [-0.1, -0.05) is 25.5 Å². The van der Waals surface area contributed by atoms with Crippen LogP contribution in [0.25, 0.3) is 0 Å². The first-order valence-corrected chi connectivity index (χ1v) is 8.06. The van der Waals surface area contributed by atoms with E-state index >= 15 is 0 Å². The van der Waals surface area contributed by atoms with Crippen molar-refractivity contribution in [2.24, 2.45) is 0 Å². The van der Waals surface area contributed by atoms with Crippen LogP contribution in [0, 0.1) is 0 Å². The Bertz CT molecular complexity index is 450. The quantitative estimate of drug-likeness (QED) is 0.905. The summed E-state index contributed by atoms with van der Waals surface area (Å²) in [6, 6.07) is 7.46. The summed E-state index contributed by atoms with van der Waals surface area (Å²) in [6.45, 7) is 7.82. The first kappa shape index (κ1) is 16.6. The van der Waals surface area contributed by atoms with Crippen LogP contribution < -0.4 is 10.1 Å². The summed E-state index contributed by atoms with van der Waals surface area (Å²) in [4.78, 5) is 2.67. The van der Waals surface area contributed by atoms with E-state index in [0.717, 1.165) is 44.3 Å². The van der Waals surface area contributed by atoms with Crippen molar-refractivity contribution in [3.05, 3.63) is 29.3 Å². The first-order chi connectivity index (χ1) is 9.86. The number of nitrogens with zero attached hydrogens (tertiary/aromatic N) is 1. The number of rotatable bonds is 5. The van der Waals surface area contributed by atoms with Crippen LogP contribution in [-0.2, 0) is 12.8 Å². The van der Waals surface area contributed by atoms with E-state index in [4.69, 9.17) is 4.74 Å². The van der Waals surface area contributed by atoms with Gasteiger partial charge in [0.15, 0.2) is 0 Å². The third kappa shape index (κ3) is 4.12. The Morgan fingerprint density at radius 2 is 2.29 bits per heavy atom. The summed E-state index contributed by atoms with van der Waals surface area (Å²) in [5, 5.41) is 3.52. The fourth-order valence-electron chi connectivity index (χ4n) is 3.38. The van der Waals surface area contributed by atoms with E-state index in [2.05, 4.69) is 35.3 Å². The number of ether oxygens (including phenoxy) is 1. The summed E-state index contributed by atoms with van der Waals surface area (Å²) in [5.74, 6) is 1.10. The lowest BCUT2D eigenvalue weighted by atomic mass is 10.0. The predicted molar refractivity (Wildman–Crippen MR) is 89.7 cm³/mol. The second-order valence-corrected chi connectivity index (χ2v) is 5.97. The van der Waals surface area contributed by atoms with Crippen molar-refractivity contribution in [3.8, 4) is 5.75 Å². The van der Waals surface area contributed by atoms with Crippen molar-refractivity contribution in [1.29, 1.82) is 0 Å². The summed E-state index contributed by atoms with van der Waals surface area (Å²) < 4.78 is 5.58. The number of piperazine rings is 1. The molecule has 0 spiro atoms. The molecule has 0 bridgehead atoms. The second-order valence-electron chi connectivity index (χ2n) is 5.97. The molecule has 0 aliphatic carbocycles. The molecule has 4 heteroatoms. The second kappa shape index (κ2) is 8.02. The molecule has 2 heterocycles. The highest BCUT2D eigenvalue weighted by atomic mass is 35.5. The molecule has 3 nitrogen and oxygen atoms in total. The average Bonchev–Trinajstić information content (AvgIpc) is 2.94. The smallest absolute Gasteiger partial charge is 0.122 e. The van der Waals surface area contributed by atoms with Gasteiger partial charge in [0.1, 0.15) is 5.75 Å². The number of nitrogens with one attached hydrogen (secondary N) is 1. The molecular weight excluding hydrogens is 284 g/mol. The average molecular weight is 311 g/mol. The van der Waals surface area contributed by atoms with Crippen molar-refractivity contribution in [1.82, 2.24) is 10.2 Å². The third-order valence-electron chi connectivity index (χ3n) is 4.54. The molecule has 1 aromatic carbocycles. The molecule has 1 fully saturated rings. The van der Waals surface area contributed by atoms with Crippen LogP contribution in [0.3, 0.4) is 0 Å². The van der Waals surface area contributed by atoms with Crippen molar-refractivity contribution in [2.45, 2.75) is 38.6 Å². The maximum Gasteiger partial charge on any atom is 0.122 e. The van der Waals surface area contributed by atoms with Crippen LogP contribution in [0.15, 0.2) is 18.2 Å². The number of hydrogen-bond donors (Lipinski definition) is 1. The van der Waals surface area contributed by atoms with E-state index in [1.807, 2.05) is 0 Å². The molecule has 3 rings (SSSR count). The number of hydrogen-bond acceptors (Lipinski definition) is 3. The molecule has 0 aromatic heterocycles. The van der Waals surface area contributed by atoms with Crippen LogP contribution in [0.1, 0.15) is 30.9 Å². The van der Waals surface area contributed by atoms with Gasteiger partial charge in [-0.15, -0.1) is 12.4 Å². The topological polar surface area (TPSA) is 24.5 Å². The fraction of sp³-hybridized carbons (Fsp3) is 0.647. The zero-order valence-electron chi connectivity index (χ0n) is 12.9. The third-order valence-corrected chi connectivity index (χ3v) is 4.54. The molecule has 21 heavy (non-hydrogen) atoms. The Labute approximate surface area is 134 Å². The predicted octanol–water partition coefficient (Wildman–Crippen LogP) is 2.66. The van der Waals surface area contributed by atoms with Crippen molar-refractivity contribution in [2.75, 3.05) is 32.8 Å². The Kier molecular flexibility index (Phi) is 6.34. The largest absolute Gasteiger partial charge is 0.493 e. The van der Waals surface area contributed by atoms with E-state index in [1.54, 1.807) is 0 Å². The molecule has 0 amide bonds. The zero-order valence-corrected chi connectivity index (χ0v) is 13.8. The van der Waals surface area contributed by atoms with E-state index in [9.17, 15) is 0 Å². The maximum atomic E-state index is 5.58. The van der Waals surface area contributed by atoms with Crippen molar-refractivity contribution >= 4 is 12.4 Å². The molecule has 2 aliphatic rings. The number of halogens is 1. The van der Waals surface area contributed by atoms with Gasteiger partial charge in [0.2, 0.25) is 0 Å². The SMILES string of the molecule is CCCC1CNCCN1CCc1ccc2c(c1)CCO2.Cl. The molecular formula is C17H27ClN2O. The normalized spacial score (nSPS) is 21.5. The molecule has 1 unspecified atom stereocenters. The summed E-state index contributed by atoms with van der Waals surface area (Å²) >= 11 is 0. The van der Waals surface area contributed by atoms with Gasteiger partial charge < -0.3 is 10.1 Å². The minimum absolute atomic E-state index is 0. The van der Waals surface area contributed by atoms with Gasteiger partial charge >= 0.3 is 0 Å². The molecule has 2 aliphatic heterocycles. The van der Waals surface area contributed by atoms with E-state index in [1.165, 1.54) is 37.1 Å². The van der Waals surface area contributed by atoms with Crippen LogP contribution in [0.4, 0.5) is 0 Å². The van der Waals surface area contributed by atoms with Crippen molar-refractivity contribution < 1.29 is 4.74 Å². The summed E-state index contributed by atoms with van der Waals surface area (Å²) in [5.41, 5.74) is 2.86. The van der Waals surface area contributed by atoms with Crippen LogP contribution >= 0.6 is 12.4 Å². The van der Waals surface area contributed by atoms with Gasteiger partial charge in [-0.2, -0.15) is 0 Å². The van der Waals surface area contributed by atoms with E-state index in [-0.39, 0.29) is 12.4 Å². The lowest BCUT2D eigenvalue weighted by Gasteiger charge is -2.36. The Morgan fingerprint density at radius 1 is 1.38 bits per heavy atom. The molecule has 0 saturated carbocycles. The van der Waals surface area contributed by atoms with Crippen LogP contribution in [0.5, 0.6) is 5.75 Å². The molecule has 118 valence electrons. The van der Waals surface area contributed by atoms with Crippen LogP contribution in [0.2, 0.25) is 0 Å². The molecule has 1 atom stereocenters. The summed E-state index contributed by atoms with van der Waals surface area (Å²) in [6.07, 6.45) is 4.83. The standard InChI is InChI=1S/C17H26N2O.ClH/c1-2-3-16-13-18-8-10-19(16)9-6-14-4-5-17-15(12-14)7-11-20-17;/h4-5,12,16,18H,2-3,6-11,13H2,1H3;1H. The first-order valence-electron chi connectivity index (χ1n) is 8.06. The monoisotopic (exact) mass is 310 g/mol. The summed E-state index contributed by atoms with van der Waals surface area (Å²) in [7, 11) is 0. The molecule has 1 N–H and O–H groups in total. The van der Waals surface area contributed by atoms with Gasteiger partial charge in [-0.25, -0.2) is 0 Å². The number of benzene rings is 1.